The van der Waals surface area contributed by atoms with E-state index in [9.17, 15) is 0 Å². The van der Waals surface area contributed by atoms with E-state index in [0.717, 1.165) is 12.0 Å². The van der Waals surface area contributed by atoms with E-state index >= 15 is 0 Å². The van der Waals surface area contributed by atoms with Gasteiger partial charge in [0.25, 0.3) is 0 Å². The number of likely N-dealkylation sites (tertiary alicyclic amines) is 1. The van der Waals surface area contributed by atoms with Gasteiger partial charge < -0.3 is 10.2 Å². The zero-order chi connectivity index (χ0) is 11.2. The summed E-state index contributed by atoms with van der Waals surface area (Å²) in [6.45, 7) is 7.51. The van der Waals surface area contributed by atoms with Crippen LogP contribution >= 0.6 is 0 Å². The summed E-state index contributed by atoms with van der Waals surface area (Å²) in [5.41, 5.74) is 0. The molecule has 0 spiro atoms. The smallest absolute Gasteiger partial charge is 0.00965 e. The Morgan fingerprint density at radius 3 is 2.75 bits per heavy atom. The topological polar surface area (TPSA) is 15.3 Å². The van der Waals surface area contributed by atoms with Gasteiger partial charge in [-0.1, -0.05) is 26.2 Å². The van der Waals surface area contributed by atoms with Crippen LogP contribution in [0, 0.1) is 5.92 Å². The molecule has 16 heavy (non-hydrogen) atoms. The molecular formula is C14H28N2. The van der Waals surface area contributed by atoms with Crippen LogP contribution in [0.25, 0.3) is 0 Å². The van der Waals surface area contributed by atoms with Crippen LogP contribution in [0.15, 0.2) is 0 Å². The Bertz CT molecular complexity index is 189. The van der Waals surface area contributed by atoms with Gasteiger partial charge in [-0.15, -0.1) is 0 Å². The number of hydrogen-bond acceptors (Lipinski definition) is 2. The maximum atomic E-state index is 3.64. The van der Waals surface area contributed by atoms with Crippen LogP contribution in [0.4, 0.5) is 0 Å². The Labute approximate surface area is 101 Å². The first kappa shape index (κ1) is 12.4. The molecule has 1 aliphatic carbocycles. The highest BCUT2D eigenvalue weighted by molar-refractivity contribution is 4.89. The molecule has 0 amide bonds. The van der Waals surface area contributed by atoms with Crippen molar-refractivity contribution in [2.45, 2.75) is 57.9 Å². The molecule has 1 N–H and O–H groups in total. The van der Waals surface area contributed by atoms with Crippen LogP contribution in [0.2, 0.25) is 0 Å². The molecule has 2 aliphatic rings. The molecule has 1 aliphatic heterocycles. The molecule has 2 heteroatoms. The normalized spacial score (nSPS) is 26.4. The molecule has 1 saturated carbocycles. The Morgan fingerprint density at radius 2 is 2.00 bits per heavy atom. The van der Waals surface area contributed by atoms with Crippen LogP contribution in [-0.2, 0) is 0 Å². The van der Waals surface area contributed by atoms with Gasteiger partial charge in [-0.2, -0.15) is 0 Å². The quantitative estimate of drug-likeness (QED) is 0.638. The SMILES string of the molecule is CCCCCCNCC1CCN(C2CC2)C1. The highest BCUT2D eigenvalue weighted by Crippen LogP contribution is 2.31. The minimum atomic E-state index is 0.937. The number of rotatable bonds is 8. The van der Waals surface area contributed by atoms with Gasteiger partial charge in [0.2, 0.25) is 0 Å². The second kappa shape index (κ2) is 6.61. The van der Waals surface area contributed by atoms with Crippen LogP contribution in [-0.4, -0.2) is 37.1 Å². The van der Waals surface area contributed by atoms with E-state index in [2.05, 4.69) is 17.1 Å². The Hall–Kier alpha value is -0.0800. The van der Waals surface area contributed by atoms with Gasteiger partial charge in [0.15, 0.2) is 0 Å². The average molecular weight is 224 g/mol. The van der Waals surface area contributed by atoms with Gasteiger partial charge in [0, 0.05) is 12.6 Å². The maximum Gasteiger partial charge on any atom is 0.00965 e. The molecule has 2 nitrogen and oxygen atoms in total. The lowest BCUT2D eigenvalue weighted by molar-refractivity contribution is 0.312. The zero-order valence-electron chi connectivity index (χ0n) is 10.9. The fourth-order valence-electron chi connectivity index (χ4n) is 2.78. The lowest BCUT2D eigenvalue weighted by Crippen LogP contribution is -2.28. The number of nitrogens with zero attached hydrogens (tertiary/aromatic N) is 1. The van der Waals surface area contributed by atoms with Crippen molar-refractivity contribution in [1.29, 1.82) is 0 Å². The third kappa shape index (κ3) is 4.06. The van der Waals surface area contributed by atoms with Crippen molar-refractivity contribution in [1.82, 2.24) is 10.2 Å². The molecule has 2 fully saturated rings. The number of unbranched alkanes of at least 4 members (excludes halogenated alkanes) is 3. The summed E-state index contributed by atoms with van der Waals surface area (Å²) < 4.78 is 0. The van der Waals surface area contributed by atoms with Crippen LogP contribution < -0.4 is 5.32 Å². The van der Waals surface area contributed by atoms with Crippen molar-refractivity contribution >= 4 is 0 Å². The lowest BCUT2D eigenvalue weighted by Gasteiger charge is -2.15. The maximum absolute atomic E-state index is 3.64. The highest BCUT2D eigenvalue weighted by atomic mass is 15.2. The fourth-order valence-corrected chi connectivity index (χ4v) is 2.78. The number of nitrogens with one attached hydrogen (secondary N) is 1. The fraction of sp³-hybridized carbons (Fsp3) is 1.00. The van der Waals surface area contributed by atoms with Crippen LogP contribution in [0.1, 0.15) is 51.9 Å². The summed E-state index contributed by atoms with van der Waals surface area (Å²) >= 11 is 0. The standard InChI is InChI=1S/C14H28N2/c1-2-3-4-5-9-15-11-13-8-10-16(12-13)14-6-7-14/h13-15H,2-12H2,1H3. The van der Waals surface area contributed by atoms with Gasteiger partial charge in [0.05, 0.1) is 0 Å². The van der Waals surface area contributed by atoms with Gasteiger partial charge in [0.1, 0.15) is 0 Å². The molecule has 0 bridgehead atoms. The van der Waals surface area contributed by atoms with E-state index < -0.39 is 0 Å². The van der Waals surface area contributed by atoms with Crippen LogP contribution in [0.5, 0.6) is 0 Å². The molecule has 1 unspecified atom stereocenters. The third-order valence-corrected chi connectivity index (χ3v) is 4.02. The molecule has 2 rings (SSSR count). The second-order valence-corrected chi connectivity index (χ2v) is 5.65. The molecule has 0 aromatic heterocycles. The van der Waals surface area contributed by atoms with Gasteiger partial charge in [-0.25, -0.2) is 0 Å². The monoisotopic (exact) mass is 224 g/mol. The molecule has 0 aromatic rings. The Kier molecular flexibility index (Phi) is 5.11. The van der Waals surface area contributed by atoms with Crippen molar-refractivity contribution in [2.24, 2.45) is 5.92 Å². The molecule has 1 atom stereocenters. The average Bonchev–Trinajstić information content (AvgIpc) is 3.04. The summed E-state index contributed by atoms with van der Waals surface area (Å²) in [6, 6.07) is 0.981. The van der Waals surface area contributed by atoms with Gasteiger partial charge in [-0.05, 0) is 51.2 Å². The molecule has 0 aromatic carbocycles. The summed E-state index contributed by atoms with van der Waals surface area (Å²) in [4.78, 5) is 2.71. The zero-order valence-corrected chi connectivity index (χ0v) is 10.9. The number of hydrogen-bond donors (Lipinski definition) is 1. The molecule has 94 valence electrons. The van der Waals surface area contributed by atoms with Crippen molar-refractivity contribution in [3.63, 3.8) is 0 Å². The Balaban J connectivity index is 1.44. The van der Waals surface area contributed by atoms with Crippen molar-refractivity contribution in [3.8, 4) is 0 Å². The predicted octanol–water partition coefficient (Wildman–Crippen LogP) is 2.64. The van der Waals surface area contributed by atoms with E-state index in [1.165, 1.54) is 71.1 Å². The van der Waals surface area contributed by atoms with E-state index in [1.807, 2.05) is 0 Å². The van der Waals surface area contributed by atoms with Crippen LogP contribution in [0.3, 0.4) is 0 Å². The summed E-state index contributed by atoms with van der Waals surface area (Å²) in [7, 11) is 0. The summed E-state index contributed by atoms with van der Waals surface area (Å²) in [5.74, 6) is 0.937. The van der Waals surface area contributed by atoms with Crippen molar-refractivity contribution in [3.05, 3.63) is 0 Å². The van der Waals surface area contributed by atoms with Crippen molar-refractivity contribution in [2.75, 3.05) is 26.2 Å². The van der Waals surface area contributed by atoms with Crippen molar-refractivity contribution < 1.29 is 0 Å². The largest absolute Gasteiger partial charge is 0.316 e. The molecule has 0 radical (unpaired) electrons. The lowest BCUT2D eigenvalue weighted by atomic mass is 10.1. The van der Waals surface area contributed by atoms with E-state index in [4.69, 9.17) is 0 Å². The van der Waals surface area contributed by atoms with Gasteiger partial charge in [-0.3, -0.25) is 0 Å². The Morgan fingerprint density at radius 1 is 1.12 bits per heavy atom. The third-order valence-electron chi connectivity index (χ3n) is 4.02. The van der Waals surface area contributed by atoms with E-state index in [1.54, 1.807) is 0 Å². The molecular weight excluding hydrogens is 196 g/mol. The predicted molar refractivity (Wildman–Crippen MR) is 69.7 cm³/mol. The first-order valence-corrected chi connectivity index (χ1v) is 7.35. The minimum absolute atomic E-state index is 0.937. The first-order valence-electron chi connectivity index (χ1n) is 7.35. The summed E-state index contributed by atoms with van der Waals surface area (Å²) in [5, 5.41) is 3.64. The van der Waals surface area contributed by atoms with Gasteiger partial charge >= 0.3 is 0 Å². The molecule has 1 saturated heterocycles. The highest BCUT2D eigenvalue weighted by Gasteiger charge is 2.33. The van der Waals surface area contributed by atoms with E-state index in [0.29, 0.717) is 0 Å². The minimum Gasteiger partial charge on any atom is -0.316 e. The summed E-state index contributed by atoms with van der Waals surface area (Å²) in [6.07, 6.45) is 9.89. The first-order chi connectivity index (χ1) is 7.90. The molecule has 1 heterocycles. The van der Waals surface area contributed by atoms with E-state index in [-0.39, 0.29) is 0 Å². The second-order valence-electron chi connectivity index (χ2n) is 5.65.